The molecule has 0 unspecified atom stereocenters. The number of fused-ring (bicyclic) bond motifs is 1. The summed E-state index contributed by atoms with van der Waals surface area (Å²) >= 11 is 0. The van der Waals surface area contributed by atoms with E-state index in [2.05, 4.69) is 25.4 Å². The number of ether oxygens (including phenoxy) is 2. The van der Waals surface area contributed by atoms with E-state index in [0.717, 1.165) is 12.1 Å². The van der Waals surface area contributed by atoms with Gasteiger partial charge in [0.25, 0.3) is 10.0 Å². The number of hydroxylamine groups is 1. The summed E-state index contributed by atoms with van der Waals surface area (Å²) in [5.41, 5.74) is 0.920. The molecular weight excluding hydrogens is 507 g/mol. The lowest BCUT2D eigenvalue weighted by molar-refractivity contribution is -0.219. The van der Waals surface area contributed by atoms with Gasteiger partial charge in [0.2, 0.25) is 0 Å². The quantitative estimate of drug-likeness (QED) is 0.443. The van der Waals surface area contributed by atoms with Crippen LogP contribution < -0.4 is 20.1 Å². The predicted molar refractivity (Wildman–Crippen MR) is 120 cm³/mol. The SMILES string of the molecule is CN(OC(=O)C(F)(F)F)S(=O)(=O)c1cccc(Nc2cc(Nc3ccc4c(c3)OCCO4)ncn2)c1. The Labute approximate surface area is 202 Å². The van der Waals surface area contributed by atoms with Gasteiger partial charge >= 0.3 is 12.1 Å². The summed E-state index contributed by atoms with van der Waals surface area (Å²) in [4.78, 5) is 22.7. The molecule has 0 amide bonds. The molecule has 0 atom stereocenters. The van der Waals surface area contributed by atoms with E-state index < -0.39 is 27.1 Å². The number of benzene rings is 2. The Balaban J connectivity index is 1.48. The van der Waals surface area contributed by atoms with Gasteiger partial charge in [0.1, 0.15) is 31.2 Å². The van der Waals surface area contributed by atoms with Gasteiger partial charge in [-0.15, -0.1) is 0 Å². The Kier molecular flexibility index (Phi) is 6.85. The third kappa shape index (κ3) is 5.75. The standard InChI is InChI=1S/C21H18F3N5O6S/c1-29(35-20(30)21(22,23)24)36(31,32)15-4-2-3-13(9-15)27-18-11-19(26-12-25-18)28-14-5-6-16-17(10-14)34-8-7-33-16/h2-6,9-12H,7-8H2,1H3,(H2,25,26,27,28). The molecule has 0 saturated carbocycles. The number of aromatic nitrogens is 2. The second kappa shape index (κ2) is 9.87. The van der Waals surface area contributed by atoms with E-state index in [1.165, 1.54) is 18.5 Å². The Morgan fingerprint density at radius 3 is 2.28 bits per heavy atom. The van der Waals surface area contributed by atoms with Crippen LogP contribution in [0.25, 0.3) is 0 Å². The van der Waals surface area contributed by atoms with Crippen LogP contribution in [-0.4, -0.2) is 55.3 Å². The second-order valence-electron chi connectivity index (χ2n) is 7.22. The van der Waals surface area contributed by atoms with Crippen molar-refractivity contribution in [2.75, 3.05) is 30.9 Å². The van der Waals surface area contributed by atoms with E-state index >= 15 is 0 Å². The first-order valence-electron chi connectivity index (χ1n) is 10.2. The highest BCUT2D eigenvalue weighted by molar-refractivity contribution is 7.89. The van der Waals surface area contributed by atoms with Crippen LogP contribution in [0, 0.1) is 0 Å². The average molecular weight is 525 g/mol. The fourth-order valence-electron chi connectivity index (χ4n) is 3.01. The zero-order valence-corrected chi connectivity index (χ0v) is 19.3. The lowest BCUT2D eigenvalue weighted by Gasteiger charge is -2.19. The molecule has 0 radical (unpaired) electrons. The molecular formula is C21H18F3N5O6S. The lowest BCUT2D eigenvalue weighted by atomic mass is 10.2. The number of rotatable bonds is 7. The van der Waals surface area contributed by atoms with Gasteiger partial charge in [-0.05, 0) is 34.8 Å². The van der Waals surface area contributed by atoms with Crippen molar-refractivity contribution in [2.24, 2.45) is 0 Å². The molecule has 11 nitrogen and oxygen atoms in total. The van der Waals surface area contributed by atoms with E-state index in [-0.39, 0.29) is 16.0 Å². The minimum Gasteiger partial charge on any atom is -0.486 e. The van der Waals surface area contributed by atoms with Gasteiger partial charge in [0.15, 0.2) is 11.5 Å². The number of sulfonamides is 1. The Morgan fingerprint density at radius 1 is 0.972 bits per heavy atom. The highest BCUT2D eigenvalue weighted by Crippen LogP contribution is 2.33. The van der Waals surface area contributed by atoms with E-state index in [1.807, 2.05) is 0 Å². The number of halogens is 3. The third-order valence-electron chi connectivity index (χ3n) is 4.67. The maximum absolute atomic E-state index is 12.6. The molecule has 1 aliphatic heterocycles. The Morgan fingerprint density at radius 2 is 1.61 bits per heavy atom. The Bertz CT molecular complexity index is 1390. The number of hydrogen-bond donors (Lipinski definition) is 2. The highest BCUT2D eigenvalue weighted by Gasteiger charge is 2.43. The largest absolute Gasteiger partial charge is 0.492 e. The molecule has 0 aliphatic carbocycles. The molecule has 36 heavy (non-hydrogen) atoms. The number of carbonyl (C=O) groups is 1. The molecule has 1 aromatic heterocycles. The van der Waals surface area contributed by atoms with Crippen molar-refractivity contribution >= 4 is 39.0 Å². The van der Waals surface area contributed by atoms with Crippen molar-refractivity contribution in [3.63, 3.8) is 0 Å². The van der Waals surface area contributed by atoms with Crippen LogP contribution in [0.4, 0.5) is 36.2 Å². The molecule has 15 heteroatoms. The van der Waals surface area contributed by atoms with Gasteiger partial charge in [-0.2, -0.15) is 13.2 Å². The fourth-order valence-corrected chi connectivity index (χ4v) is 4.00. The highest BCUT2D eigenvalue weighted by atomic mass is 32.2. The van der Waals surface area contributed by atoms with Crippen LogP contribution >= 0.6 is 0 Å². The summed E-state index contributed by atoms with van der Waals surface area (Å²) in [6.45, 7) is 0.908. The number of nitrogens with one attached hydrogen (secondary N) is 2. The van der Waals surface area contributed by atoms with E-state index in [1.54, 1.807) is 24.3 Å². The predicted octanol–water partition coefficient (Wildman–Crippen LogP) is 3.38. The fraction of sp³-hybridized carbons (Fsp3) is 0.190. The van der Waals surface area contributed by atoms with Gasteiger partial charge in [0, 0.05) is 30.6 Å². The van der Waals surface area contributed by atoms with Crippen molar-refractivity contribution in [1.82, 2.24) is 14.4 Å². The van der Waals surface area contributed by atoms with Crippen molar-refractivity contribution < 1.29 is 40.7 Å². The average Bonchev–Trinajstić information content (AvgIpc) is 2.83. The number of alkyl halides is 3. The summed E-state index contributed by atoms with van der Waals surface area (Å²) < 4.78 is 73.3. The summed E-state index contributed by atoms with van der Waals surface area (Å²) in [6.07, 6.45) is -4.08. The first-order valence-corrected chi connectivity index (χ1v) is 11.6. The monoisotopic (exact) mass is 525 g/mol. The summed E-state index contributed by atoms with van der Waals surface area (Å²) in [7, 11) is -3.90. The zero-order chi connectivity index (χ0) is 25.9. The number of hydrogen-bond acceptors (Lipinski definition) is 10. The van der Waals surface area contributed by atoms with Gasteiger partial charge in [-0.1, -0.05) is 6.07 Å². The molecule has 1 aliphatic rings. The van der Waals surface area contributed by atoms with Crippen LogP contribution in [0.3, 0.4) is 0 Å². The molecule has 190 valence electrons. The van der Waals surface area contributed by atoms with Crippen molar-refractivity contribution in [3.05, 3.63) is 54.9 Å². The molecule has 2 aromatic carbocycles. The van der Waals surface area contributed by atoms with Crippen molar-refractivity contribution in [1.29, 1.82) is 0 Å². The molecule has 4 rings (SSSR count). The minimum atomic E-state index is -5.36. The normalized spacial score (nSPS) is 13.2. The zero-order valence-electron chi connectivity index (χ0n) is 18.4. The molecule has 0 fully saturated rings. The Hall–Kier alpha value is -4.11. The first kappa shape index (κ1) is 25.0. The van der Waals surface area contributed by atoms with Crippen LogP contribution in [0.15, 0.2) is 59.8 Å². The smallest absolute Gasteiger partial charge is 0.486 e. The molecule has 3 aromatic rings. The lowest BCUT2D eigenvalue weighted by Crippen LogP contribution is -2.36. The molecule has 0 saturated heterocycles. The van der Waals surface area contributed by atoms with Gasteiger partial charge in [-0.3, -0.25) is 0 Å². The minimum absolute atomic E-state index is 0.151. The van der Waals surface area contributed by atoms with Crippen LogP contribution in [0.2, 0.25) is 0 Å². The van der Waals surface area contributed by atoms with Crippen LogP contribution in [0.1, 0.15) is 0 Å². The molecule has 2 heterocycles. The number of carbonyl (C=O) groups excluding carboxylic acids is 1. The van der Waals surface area contributed by atoms with E-state index in [9.17, 15) is 26.4 Å². The second-order valence-corrected chi connectivity index (χ2v) is 9.15. The summed E-state index contributed by atoms with van der Waals surface area (Å²) in [6, 6.07) is 12.0. The molecule has 2 N–H and O–H groups in total. The number of nitrogens with zero attached hydrogens (tertiary/aromatic N) is 3. The summed E-state index contributed by atoms with van der Waals surface area (Å²) in [5.74, 6) is -0.752. The van der Waals surface area contributed by atoms with Gasteiger partial charge in [-0.25, -0.2) is 23.2 Å². The number of anilines is 4. The van der Waals surface area contributed by atoms with Gasteiger partial charge in [0.05, 0.1) is 4.90 Å². The first-order chi connectivity index (χ1) is 17.0. The summed E-state index contributed by atoms with van der Waals surface area (Å²) in [5, 5.41) is 5.98. The van der Waals surface area contributed by atoms with Crippen LogP contribution in [-0.2, 0) is 19.7 Å². The van der Waals surface area contributed by atoms with Crippen molar-refractivity contribution in [2.45, 2.75) is 11.1 Å². The van der Waals surface area contributed by atoms with Gasteiger partial charge < -0.3 is 24.9 Å². The maximum Gasteiger partial charge on any atom is 0.492 e. The van der Waals surface area contributed by atoms with E-state index in [0.29, 0.717) is 43.3 Å². The molecule has 0 spiro atoms. The third-order valence-corrected chi connectivity index (χ3v) is 6.27. The van der Waals surface area contributed by atoms with E-state index in [4.69, 9.17) is 9.47 Å². The topological polar surface area (TPSA) is 132 Å². The maximum atomic E-state index is 12.6. The molecule has 0 bridgehead atoms. The van der Waals surface area contributed by atoms with Crippen molar-refractivity contribution in [3.8, 4) is 11.5 Å². The van der Waals surface area contributed by atoms with Crippen LogP contribution in [0.5, 0.6) is 11.5 Å².